The molecule has 0 aliphatic heterocycles. The second kappa shape index (κ2) is 5.97. The summed E-state index contributed by atoms with van der Waals surface area (Å²) in [5.41, 5.74) is 8.83. The van der Waals surface area contributed by atoms with Gasteiger partial charge in [0, 0.05) is 31.9 Å². The van der Waals surface area contributed by atoms with Crippen LogP contribution in [0, 0.1) is 13.8 Å². The predicted molar refractivity (Wildman–Crippen MR) is 81.0 cm³/mol. The summed E-state index contributed by atoms with van der Waals surface area (Å²) >= 11 is 0. The van der Waals surface area contributed by atoms with E-state index in [1.54, 1.807) is 36.9 Å². The Labute approximate surface area is 125 Å². The van der Waals surface area contributed by atoms with E-state index in [1.807, 2.05) is 13.1 Å². The molecule has 7 heteroatoms. The van der Waals surface area contributed by atoms with E-state index in [-0.39, 0.29) is 11.4 Å². The molecule has 0 saturated heterocycles. The minimum atomic E-state index is -3.55. The van der Waals surface area contributed by atoms with Crippen LogP contribution in [0.25, 0.3) is 0 Å². The lowest BCUT2D eigenvalue weighted by Crippen LogP contribution is -2.24. The Balaban J connectivity index is 2.20. The summed E-state index contributed by atoms with van der Waals surface area (Å²) in [5.74, 6) is 0. The summed E-state index contributed by atoms with van der Waals surface area (Å²) < 4.78 is 29.0. The molecule has 0 unspecified atom stereocenters. The van der Waals surface area contributed by atoms with Gasteiger partial charge in [-0.05, 0) is 31.0 Å². The van der Waals surface area contributed by atoms with Gasteiger partial charge in [-0.3, -0.25) is 4.68 Å². The fraction of sp³-hybridized carbons (Fsp3) is 0.357. The Hall–Kier alpha value is -1.70. The summed E-state index contributed by atoms with van der Waals surface area (Å²) in [6.07, 6.45) is 1.81. The van der Waals surface area contributed by atoms with E-state index in [0.29, 0.717) is 12.1 Å². The van der Waals surface area contributed by atoms with Crippen LogP contribution < -0.4 is 10.5 Å². The predicted octanol–water partition coefficient (Wildman–Crippen LogP) is 0.974. The SMILES string of the molecule is Cc1cc(CN)ccc1S(=O)(=O)NCc1cn(C)nc1C. The van der Waals surface area contributed by atoms with Crippen LogP contribution >= 0.6 is 0 Å². The average Bonchev–Trinajstić information content (AvgIpc) is 2.74. The van der Waals surface area contributed by atoms with Gasteiger partial charge >= 0.3 is 0 Å². The molecule has 21 heavy (non-hydrogen) atoms. The number of nitrogens with two attached hydrogens (primary N) is 1. The van der Waals surface area contributed by atoms with Crippen molar-refractivity contribution in [3.8, 4) is 0 Å². The Morgan fingerprint density at radius 2 is 2.05 bits per heavy atom. The Bertz CT molecular complexity index is 750. The van der Waals surface area contributed by atoms with Crippen LogP contribution in [0.15, 0.2) is 29.3 Å². The Kier molecular flexibility index (Phi) is 4.46. The van der Waals surface area contributed by atoms with Crippen molar-refractivity contribution in [1.82, 2.24) is 14.5 Å². The molecule has 2 aromatic rings. The van der Waals surface area contributed by atoms with Crippen molar-refractivity contribution in [2.75, 3.05) is 0 Å². The smallest absolute Gasteiger partial charge is 0.241 e. The Morgan fingerprint density at radius 3 is 2.57 bits per heavy atom. The van der Waals surface area contributed by atoms with Gasteiger partial charge in [-0.15, -0.1) is 0 Å². The van der Waals surface area contributed by atoms with E-state index in [2.05, 4.69) is 9.82 Å². The number of aromatic nitrogens is 2. The molecule has 1 heterocycles. The highest BCUT2D eigenvalue weighted by Gasteiger charge is 2.17. The van der Waals surface area contributed by atoms with Crippen LogP contribution in [0.3, 0.4) is 0 Å². The van der Waals surface area contributed by atoms with Crippen LogP contribution in [0.4, 0.5) is 0 Å². The quantitative estimate of drug-likeness (QED) is 0.861. The van der Waals surface area contributed by atoms with Crippen LogP contribution in [-0.4, -0.2) is 18.2 Å². The van der Waals surface area contributed by atoms with Crippen LogP contribution in [-0.2, 0) is 30.2 Å². The second-order valence-corrected chi connectivity index (χ2v) is 6.78. The van der Waals surface area contributed by atoms with Gasteiger partial charge < -0.3 is 5.73 Å². The van der Waals surface area contributed by atoms with E-state index in [4.69, 9.17) is 5.73 Å². The molecule has 0 radical (unpaired) electrons. The molecule has 0 aliphatic carbocycles. The molecule has 6 nitrogen and oxygen atoms in total. The summed E-state index contributed by atoms with van der Waals surface area (Å²) in [4.78, 5) is 0.279. The lowest BCUT2D eigenvalue weighted by molar-refractivity contribution is 0.580. The maximum absolute atomic E-state index is 12.4. The van der Waals surface area contributed by atoms with Gasteiger partial charge in [-0.2, -0.15) is 5.10 Å². The van der Waals surface area contributed by atoms with Crippen LogP contribution in [0.2, 0.25) is 0 Å². The monoisotopic (exact) mass is 308 g/mol. The summed E-state index contributed by atoms with van der Waals surface area (Å²) in [7, 11) is -1.74. The highest BCUT2D eigenvalue weighted by molar-refractivity contribution is 7.89. The molecule has 1 aromatic carbocycles. The number of rotatable bonds is 5. The largest absolute Gasteiger partial charge is 0.326 e. The van der Waals surface area contributed by atoms with Crippen molar-refractivity contribution in [1.29, 1.82) is 0 Å². The molecule has 0 atom stereocenters. The highest BCUT2D eigenvalue weighted by atomic mass is 32.2. The van der Waals surface area contributed by atoms with E-state index in [0.717, 1.165) is 16.8 Å². The average molecular weight is 308 g/mol. The molecule has 1 aromatic heterocycles. The van der Waals surface area contributed by atoms with Crippen LogP contribution in [0.5, 0.6) is 0 Å². The molecule has 0 fully saturated rings. The van der Waals surface area contributed by atoms with Gasteiger partial charge in [0.2, 0.25) is 10.0 Å². The first-order valence-corrected chi connectivity index (χ1v) is 8.10. The molecule has 3 N–H and O–H groups in total. The van der Waals surface area contributed by atoms with Gasteiger partial charge in [0.25, 0.3) is 0 Å². The van der Waals surface area contributed by atoms with Crippen molar-refractivity contribution in [3.05, 3.63) is 46.8 Å². The zero-order valence-electron chi connectivity index (χ0n) is 12.4. The highest BCUT2D eigenvalue weighted by Crippen LogP contribution is 2.17. The van der Waals surface area contributed by atoms with Crippen molar-refractivity contribution in [3.63, 3.8) is 0 Å². The fourth-order valence-corrected chi connectivity index (χ4v) is 3.44. The summed E-state index contributed by atoms with van der Waals surface area (Å²) in [5, 5.41) is 4.19. The van der Waals surface area contributed by atoms with E-state index in [9.17, 15) is 8.42 Å². The third kappa shape index (κ3) is 3.49. The molecule has 0 amide bonds. The standard InChI is InChI=1S/C14H20N4O2S/c1-10-6-12(7-15)4-5-14(10)21(19,20)16-8-13-9-18(3)17-11(13)2/h4-6,9,16H,7-8,15H2,1-3H3. The number of sulfonamides is 1. The number of benzene rings is 1. The Morgan fingerprint density at radius 1 is 1.33 bits per heavy atom. The van der Waals surface area contributed by atoms with Gasteiger partial charge in [0.1, 0.15) is 0 Å². The molecule has 0 saturated carbocycles. The van der Waals surface area contributed by atoms with Gasteiger partial charge in [-0.25, -0.2) is 13.1 Å². The minimum absolute atomic E-state index is 0.222. The third-order valence-corrected chi connectivity index (χ3v) is 4.89. The van der Waals surface area contributed by atoms with Crippen molar-refractivity contribution in [2.45, 2.75) is 31.8 Å². The first kappa shape index (κ1) is 15.7. The molecule has 0 aliphatic rings. The molecular formula is C14H20N4O2S. The van der Waals surface area contributed by atoms with E-state index < -0.39 is 10.0 Å². The van der Waals surface area contributed by atoms with Crippen molar-refractivity contribution >= 4 is 10.0 Å². The second-order valence-electron chi connectivity index (χ2n) is 5.04. The zero-order valence-corrected chi connectivity index (χ0v) is 13.2. The maximum Gasteiger partial charge on any atom is 0.241 e. The number of nitrogens with zero attached hydrogens (tertiary/aromatic N) is 2. The van der Waals surface area contributed by atoms with E-state index in [1.165, 1.54) is 0 Å². The number of hydrogen-bond donors (Lipinski definition) is 2. The molecule has 114 valence electrons. The molecular weight excluding hydrogens is 288 g/mol. The normalized spacial score (nSPS) is 11.8. The maximum atomic E-state index is 12.4. The topological polar surface area (TPSA) is 90.0 Å². The van der Waals surface area contributed by atoms with E-state index >= 15 is 0 Å². The number of aryl methyl sites for hydroxylation is 3. The first-order chi connectivity index (χ1) is 9.83. The fourth-order valence-electron chi connectivity index (χ4n) is 2.21. The van der Waals surface area contributed by atoms with Gasteiger partial charge in [-0.1, -0.05) is 12.1 Å². The lowest BCUT2D eigenvalue weighted by atomic mass is 10.1. The first-order valence-electron chi connectivity index (χ1n) is 6.62. The van der Waals surface area contributed by atoms with Crippen molar-refractivity contribution < 1.29 is 8.42 Å². The third-order valence-electron chi connectivity index (χ3n) is 3.33. The van der Waals surface area contributed by atoms with Crippen LogP contribution in [0.1, 0.15) is 22.4 Å². The lowest BCUT2D eigenvalue weighted by Gasteiger charge is -2.10. The minimum Gasteiger partial charge on any atom is -0.326 e. The molecule has 2 rings (SSSR count). The number of nitrogens with one attached hydrogen (secondary N) is 1. The summed E-state index contributed by atoms with van der Waals surface area (Å²) in [6.45, 7) is 4.23. The molecule has 0 bridgehead atoms. The van der Waals surface area contributed by atoms with Crippen molar-refractivity contribution in [2.24, 2.45) is 12.8 Å². The van der Waals surface area contributed by atoms with Gasteiger partial charge in [0.15, 0.2) is 0 Å². The summed E-state index contributed by atoms with van der Waals surface area (Å²) in [6, 6.07) is 5.12. The molecule has 0 spiro atoms. The number of hydrogen-bond acceptors (Lipinski definition) is 4. The van der Waals surface area contributed by atoms with Gasteiger partial charge in [0.05, 0.1) is 10.6 Å². The zero-order chi connectivity index (χ0) is 15.6.